The van der Waals surface area contributed by atoms with Crippen molar-refractivity contribution < 1.29 is 28.6 Å². The van der Waals surface area contributed by atoms with Crippen molar-refractivity contribution in [3.05, 3.63) is 170 Å². The van der Waals surface area contributed by atoms with Crippen LogP contribution in [0.25, 0.3) is 0 Å². The first-order valence-corrected chi connectivity index (χ1v) is 26.6. The Morgan fingerprint density at radius 3 is 0.957 bits per heavy atom. The largest absolute Gasteiger partial charge is 0.462 e. The molecule has 0 aliphatic rings. The maximum atomic E-state index is 12.8. The molecule has 69 heavy (non-hydrogen) atoms. The Labute approximate surface area is 422 Å². The van der Waals surface area contributed by atoms with Crippen LogP contribution in [-0.4, -0.2) is 37.2 Å². The number of rotatable bonds is 45. The minimum atomic E-state index is -0.862. The van der Waals surface area contributed by atoms with Gasteiger partial charge in [-0.25, -0.2) is 0 Å². The Hall–Kier alpha value is -5.23. The molecule has 0 bridgehead atoms. The quantitative estimate of drug-likeness (QED) is 0.0262. The molecule has 0 aliphatic heterocycles. The Morgan fingerprint density at radius 1 is 0.304 bits per heavy atom. The Kier molecular flexibility index (Phi) is 51.2. The molecule has 0 aromatic carbocycles. The van der Waals surface area contributed by atoms with Crippen LogP contribution in [0, 0.1) is 0 Å². The third kappa shape index (κ3) is 53.6. The number of allylic oxidation sites excluding steroid dienone is 28. The highest BCUT2D eigenvalue weighted by Gasteiger charge is 2.19. The number of ether oxygens (including phenoxy) is 3. The van der Waals surface area contributed by atoms with E-state index in [9.17, 15) is 14.4 Å². The van der Waals surface area contributed by atoms with Crippen molar-refractivity contribution in [2.24, 2.45) is 0 Å². The van der Waals surface area contributed by atoms with Crippen LogP contribution in [0.4, 0.5) is 0 Å². The summed E-state index contributed by atoms with van der Waals surface area (Å²) in [5.41, 5.74) is 0. The van der Waals surface area contributed by atoms with E-state index in [1.165, 1.54) is 25.7 Å². The van der Waals surface area contributed by atoms with E-state index in [-0.39, 0.29) is 44.4 Å². The van der Waals surface area contributed by atoms with Crippen LogP contribution in [-0.2, 0) is 28.6 Å². The molecule has 0 saturated heterocycles. The lowest BCUT2D eigenvalue weighted by molar-refractivity contribution is -0.166. The predicted octanol–water partition coefficient (Wildman–Crippen LogP) is 18.0. The molecule has 0 heterocycles. The van der Waals surface area contributed by atoms with Gasteiger partial charge in [-0.15, -0.1) is 0 Å². The van der Waals surface area contributed by atoms with Gasteiger partial charge in [0.2, 0.25) is 0 Å². The van der Waals surface area contributed by atoms with Gasteiger partial charge in [0.15, 0.2) is 6.10 Å². The topological polar surface area (TPSA) is 78.9 Å². The summed E-state index contributed by atoms with van der Waals surface area (Å²) in [5.74, 6) is -1.15. The number of hydrogen-bond acceptors (Lipinski definition) is 6. The van der Waals surface area contributed by atoms with Crippen molar-refractivity contribution in [1.29, 1.82) is 0 Å². The van der Waals surface area contributed by atoms with Crippen molar-refractivity contribution >= 4 is 17.9 Å². The summed E-state index contributed by atoms with van der Waals surface area (Å²) in [7, 11) is 0. The van der Waals surface area contributed by atoms with E-state index >= 15 is 0 Å². The molecule has 0 unspecified atom stereocenters. The molecule has 0 saturated carbocycles. The van der Waals surface area contributed by atoms with Crippen LogP contribution in [0.5, 0.6) is 0 Å². The summed E-state index contributed by atoms with van der Waals surface area (Å²) in [4.78, 5) is 38.0. The lowest BCUT2D eigenvalue weighted by Crippen LogP contribution is -2.30. The van der Waals surface area contributed by atoms with Gasteiger partial charge in [0, 0.05) is 19.3 Å². The van der Waals surface area contributed by atoms with Crippen molar-refractivity contribution in [3.8, 4) is 0 Å². The van der Waals surface area contributed by atoms with Crippen LogP contribution in [0.1, 0.15) is 188 Å². The van der Waals surface area contributed by atoms with Crippen LogP contribution < -0.4 is 0 Å². The number of esters is 3. The minimum absolute atomic E-state index is 0.156. The van der Waals surface area contributed by atoms with E-state index in [0.29, 0.717) is 19.3 Å². The van der Waals surface area contributed by atoms with Gasteiger partial charge in [-0.1, -0.05) is 204 Å². The minimum Gasteiger partial charge on any atom is -0.462 e. The monoisotopic (exact) mass is 947 g/mol. The Bertz CT molecular complexity index is 1650. The molecule has 0 radical (unpaired) electrons. The van der Waals surface area contributed by atoms with Crippen molar-refractivity contribution in [3.63, 3.8) is 0 Å². The molecule has 0 aromatic rings. The van der Waals surface area contributed by atoms with Crippen LogP contribution in [0.3, 0.4) is 0 Å². The number of hydrogen-bond donors (Lipinski definition) is 0. The van der Waals surface area contributed by atoms with Crippen molar-refractivity contribution in [2.45, 2.75) is 194 Å². The first kappa shape index (κ1) is 63.8. The highest BCUT2D eigenvalue weighted by Crippen LogP contribution is 2.09. The van der Waals surface area contributed by atoms with Gasteiger partial charge >= 0.3 is 17.9 Å². The Balaban J connectivity index is 4.69. The number of unbranched alkanes of at least 4 members (excludes halogenated alkanes) is 6. The molecule has 0 fully saturated rings. The fraction of sp³-hybridized carbons (Fsp3) is 0.508. The fourth-order valence-electron chi connectivity index (χ4n) is 6.27. The highest BCUT2D eigenvalue weighted by molar-refractivity contribution is 5.71. The van der Waals surface area contributed by atoms with Crippen molar-refractivity contribution in [1.82, 2.24) is 0 Å². The second-order valence-electron chi connectivity index (χ2n) is 16.7. The summed E-state index contributed by atoms with van der Waals surface area (Å²) in [6.07, 6.45) is 82.1. The van der Waals surface area contributed by atoms with E-state index in [2.05, 4.69) is 179 Å². The molecule has 0 aromatic heterocycles. The normalized spacial score (nSPS) is 13.5. The third-order valence-corrected chi connectivity index (χ3v) is 10.2. The van der Waals surface area contributed by atoms with Crippen molar-refractivity contribution in [2.75, 3.05) is 13.2 Å². The second kappa shape index (κ2) is 55.4. The maximum absolute atomic E-state index is 12.8. The predicted molar refractivity (Wildman–Crippen MR) is 297 cm³/mol. The van der Waals surface area contributed by atoms with Gasteiger partial charge in [-0.2, -0.15) is 0 Å². The molecular formula is C63H94O6. The lowest BCUT2D eigenvalue weighted by Gasteiger charge is -2.18. The molecular weight excluding hydrogens is 853 g/mol. The molecule has 0 amide bonds. The zero-order chi connectivity index (χ0) is 50.0. The van der Waals surface area contributed by atoms with Gasteiger partial charge in [-0.3, -0.25) is 14.4 Å². The van der Waals surface area contributed by atoms with Gasteiger partial charge in [0.1, 0.15) is 13.2 Å². The van der Waals surface area contributed by atoms with E-state index in [1.54, 1.807) is 0 Å². The third-order valence-electron chi connectivity index (χ3n) is 10.2. The maximum Gasteiger partial charge on any atom is 0.306 e. The highest BCUT2D eigenvalue weighted by atomic mass is 16.6. The zero-order valence-corrected chi connectivity index (χ0v) is 43.5. The molecule has 0 N–H and O–H groups in total. The molecule has 382 valence electrons. The molecule has 6 heteroatoms. The van der Waals surface area contributed by atoms with Crippen LogP contribution >= 0.6 is 0 Å². The van der Waals surface area contributed by atoms with E-state index < -0.39 is 12.1 Å². The fourth-order valence-corrected chi connectivity index (χ4v) is 6.27. The summed E-state index contributed by atoms with van der Waals surface area (Å²) < 4.78 is 16.6. The van der Waals surface area contributed by atoms with E-state index in [0.717, 1.165) is 103 Å². The smallest absolute Gasteiger partial charge is 0.306 e. The second-order valence-corrected chi connectivity index (χ2v) is 16.7. The molecule has 1 atom stereocenters. The average molecular weight is 947 g/mol. The van der Waals surface area contributed by atoms with Crippen LogP contribution in [0.15, 0.2) is 170 Å². The SMILES string of the molecule is CC/C=C\C/C=C\C/C=C\C/C=C\C/C=C\CCCC(=O)OC[C@H](COC(=O)CC/C=C\C/C=C\C/C=C\C/C=C\C/C=C\CCCCC)OC(=O)CCCC/C=C\C/C=C\C/C=C\C/C=C\CC. The van der Waals surface area contributed by atoms with Gasteiger partial charge < -0.3 is 14.2 Å². The summed E-state index contributed by atoms with van der Waals surface area (Å²) in [5, 5.41) is 0. The zero-order valence-electron chi connectivity index (χ0n) is 43.5. The molecule has 0 spiro atoms. The first-order valence-electron chi connectivity index (χ1n) is 26.6. The Morgan fingerprint density at radius 2 is 0.594 bits per heavy atom. The number of carbonyl (C=O) groups is 3. The van der Waals surface area contributed by atoms with E-state index in [4.69, 9.17) is 14.2 Å². The molecule has 0 rings (SSSR count). The summed E-state index contributed by atoms with van der Waals surface area (Å²) in [6.45, 7) is 6.20. The number of carbonyl (C=O) groups excluding carboxylic acids is 3. The average Bonchev–Trinajstić information content (AvgIpc) is 3.35. The van der Waals surface area contributed by atoms with Gasteiger partial charge in [0.05, 0.1) is 0 Å². The van der Waals surface area contributed by atoms with Crippen LogP contribution in [0.2, 0.25) is 0 Å². The summed E-state index contributed by atoms with van der Waals surface area (Å²) in [6, 6.07) is 0. The lowest BCUT2D eigenvalue weighted by atomic mass is 10.2. The molecule has 0 aliphatic carbocycles. The van der Waals surface area contributed by atoms with Gasteiger partial charge in [-0.05, 0) is 135 Å². The van der Waals surface area contributed by atoms with E-state index in [1.807, 2.05) is 12.2 Å². The molecule has 6 nitrogen and oxygen atoms in total. The van der Waals surface area contributed by atoms with Gasteiger partial charge in [0.25, 0.3) is 0 Å². The standard InChI is InChI=1S/C63H94O6/c1-4-7-10-13-16-19-22-25-28-30-31-33-36-38-41-44-47-50-53-56-62(65)68-59-60(69-63(66)57-54-51-48-45-42-39-34-27-24-21-18-15-12-9-6-3)58-67-61(64)55-52-49-46-43-40-37-35-32-29-26-23-20-17-14-11-8-5-2/h8-9,11-12,16-21,25-29,31,33-35,37-38,41-43,45-47,50,60H,4-7,10,13-15,22-24,30,32,36,39-40,44,48-49,51-59H2,1-3H3/b11-8-,12-9-,19-16-,20-17-,21-18-,28-25-,29-26-,33-31-,34-27-,37-35-,41-38-,45-42-,46-43-,50-47-/t60-/m1/s1. The first-order chi connectivity index (χ1) is 34.0. The summed E-state index contributed by atoms with van der Waals surface area (Å²) >= 11 is 0.